The fraction of sp³-hybridized carbons (Fsp3) is 0.348. The average molecular weight is 390 g/mol. The topological polar surface area (TPSA) is 71.3 Å². The minimum Gasteiger partial charge on any atom is -0.467 e. The molecule has 0 saturated carbocycles. The summed E-state index contributed by atoms with van der Waals surface area (Å²) in [6.07, 6.45) is 4.76. The fourth-order valence-corrected chi connectivity index (χ4v) is 3.81. The second-order valence-corrected chi connectivity index (χ2v) is 7.54. The number of amides is 1. The lowest BCUT2D eigenvalue weighted by Gasteiger charge is -2.32. The molecule has 0 spiro atoms. The molecule has 0 radical (unpaired) electrons. The fourth-order valence-electron chi connectivity index (χ4n) is 3.81. The van der Waals surface area contributed by atoms with Crippen molar-refractivity contribution in [1.29, 1.82) is 0 Å². The van der Waals surface area contributed by atoms with Crippen molar-refractivity contribution < 1.29 is 9.21 Å². The van der Waals surface area contributed by atoms with Gasteiger partial charge in [0.25, 0.3) is 5.91 Å². The molecule has 150 valence electrons. The van der Waals surface area contributed by atoms with Crippen molar-refractivity contribution in [3.8, 4) is 0 Å². The molecule has 4 rings (SSSR count). The van der Waals surface area contributed by atoms with E-state index >= 15 is 0 Å². The Morgan fingerprint density at radius 2 is 1.93 bits per heavy atom. The van der Waals surface area contributed by atoms with Gasteiger partial charge in [-0.05, 0) is 49.8 Å². The van der Waals surface area contributed by atoms with Gasteiger partial charge in [0.15, 0.2) is 0 Å². The number of hydrogen-bond acceptors (Lipinski definition) is 5. The highest BCUT2D eigenvalue weighted by Gasteiger charge is 2.25. The molecule has 29 heavy (non-hydrogen) atoms. The first-order valence-corrected chi connectivity index (χ1v) is 10.1. The van der Waals surface area contributed by atoms with Crippen LogP contribution < -0.4 is 5.32 Å². The highest BCUT2D eigenvalue weighted by atomic mass is 16.3. The van der Waals surface area contributed by atoms with E-state index in [9.17, 15) is 4.79 Å². The van der Waals surface area contributed by atoms with Crippen LogP contribution in [0.4, 0.5) is 5.82 Å². The zero-order valence-corrected chi connectivity index (χ0v) is 16.7. The van der Waals surface area contributed by atoms with Gasteiger partial charge in [-0.2, -0.15) is 0 Å². The highest BCUT2D eigenvalue weighted by molar-refractivity contribution is 5.93. The minimum atomic E-state index is -0.0188. The molecule has 6 heteroatoms. The number of carbonyl (C=O) groups is 1. The van der Waals surface area contributed by atoms with Gasteiger partial charge in [-0.3, -0.25) is 4.79 Å². The van der Waals surface area contributed by atoms with Gasteiger partial charge in [-0.25, -0.2) is 9.97 Å². The van der Waals surface area contributed by atoms with Crippen LogP contribution in [0.2, 0.25) is 0 Å². The number of nitrogens with one attached hydrogen (secondary N) is 1. The van der Waals surface area contributed by atoms with E-state index in [1.165, 1.54) is 5.56 Å². The molecule has 1 amide bonds. The molecule has 2 aromatic heterocycles. The third kappa shape index (κ3) is 5.02. The van der Waals surface area contributed by atoms with Crippen LogP contribution >= 0.6 is 0 Å². The summed E-state index contributed by atoms with van der Waals surface area (Å²) >= 11 is 0. The molecule has 0 atom stereocenters. The Morgan fingerprint density at radius 1 is 1.14 bits per heavy atom. The maximum Gasteiger partial charge on any atom is 0.272 e. The van der Waals surface area contributed by atoms with Crippen LogP contribution in [0.1, 0.15) is 40.5 Å². The summed E-state index contributed by atoms with van der Waals surface area (Å²) in [4.78, 5) is 23.7. The first-order valence-electron chi connectivity index (χ1n) is 10.1. The molecule has 1 N–H and O–H groups in total. The lowest BCUT2D eigenvalue weighted by molar-refractivity contribution is 0.0684. The number of furan rings is 1. The van der Waals surface area contributed by atoms with Gasteiger partial charge in [0.05, 0.1) is 12.8 Å². The quantitative estimate of drug-likeness (QED) is 0.687. The molecular weight excluding hydrogens is 364 g/mol. The zero-order valence-electron chi connectivity index (χ0n) is 16.7. The Balaban J connectivity index is 1.35. The number of aromatic nitrogens is 2. The van der Waals surface area contributed by atoms with Gasteiger partial charge >= 0.3 is 0 Å². The number of hydrogen-bond donors (Lipinski definition) is 1. The molecule has 1 aliphatic heterocycles. The molecule has 3 heterocycles. The lowest BCUT2D eigenvalue weighted by Crippen LogP contribution is -2.39. The maximum atomic E-state index is 13.0. The van der Waals surface area contributed by atoms with Gasteiger partial charge in [0, 0.05) is 19.2 Å². The van der Waals surface area contributed by atoms with E-state index in [4.69, 9.17) is 4.42 Å². The Kier molecular flexibility index (Phi) is 5.89. The number of likely N-dealkylation sites (tertiary alicyclic amines) is 1. The average Bonchev–Trinajstić information content (AvgIpc) is 3.26. The molecule has 1 saturated heterocycles. The molecule has 1 aromatic carbocycles. The predicted octanol–water partition coefficient (Wildman–Crippen LogP) is 4.09. The number of aryl methyl sites for hydroxylation is 1. The number of carbonyl (C=O) groups excluding carboxylic acids is 1. The highest BCUT2D eigenvalue weighted by Crippen LogP contribution is 2.23. The van der Waals surface area contributed by atoms with Crippen LogP contribution in [0.3, 0.4) is 0 Å². The number of piperidine rings is 1. The Hall–Kier alpha value is -3.15. The molecular formula is C23H26N4O2. The van der Waals surface area contributed by atoms with Gasteiger partial charge in [-0.1, -0.05) is 30.3 Å². The molecule has 0 unspecified atom stereocenters. The molecule has 6 nitrogen and oxygen atoms in total. The summed E-state index contributed by atoms with van der Waals surface area (Å²) in [6, 6.07) is 16.1. The van der Waals surface area contributed by atoms with Gasteiger partial charge in [0.1, 0.15) is 23.1 Å². The van der Waals surface area contributed by atoms with Crippen molar-refractivity contribution in [1.82, 2.24) is 14.9 Å². The SMILES string of the molecule is Cc1nc(NCc2ccco2)cc(C(=O)N2CCC(Cc3ccccc3)CC2)n1. The first-order chi connectivity index (χ1) is 14.2. The number of rotatable bonds is 6. The molecule has 1 aliphatic rings. The molecule has 3 aromatic rings. The van der Waals surface area contributed by atoms with E-state index in [1.807, 2.05) is 23.1 Å². The van der Waals surface area contributed by atoms with Crippen LogP contribution in [0.15, 0.2) is 59.2 Å². The summed E-state index contributed by atoms with van der Waals surface area (Å²) < 4.78 is 5.33. The molecule has 0 bridgehead atoms. The van der Waals surface area contributed by atoms with E-state index in [0.29, 0.717) is 29.8 Å². The van der Waals surface area contributed by atoms with Crippen molar-refractivity contribution in [2.45, 2.75) is 32.7 Å². The maximum absolute atomic E-state index is 13.0. The van der Waals surface area contributed by atoms with Crippen molar-refractivity contribution in [2.24, 2.45) is 5.92 Å². The Morgan fingerprint density at radius 3 is 2.66 bits per heavy atom. The third-order valence-electron chi connectivity index (χ3n) is 5.35. The van der Waals surface area contributed by atoms with Gasteiger partial charge in [0.2, 0.25) is 0 Å². The Labute approximate surface area is 171 Å². The van der Waals surface area contributed by atoms with Crippen molar-refractivity contribution >= 4 is 11.7 Å². The smallest absolute Gasteiger partial charge is 0.272 e. The summed E-state index contributed by atoms with van der Waals surface area (Å²) in [6.45, 7) is 3.87. The number of nitrogens with zero attached hydrogens (tertiary/aromatic N) is 3. The second kappa shape index (κ2) is 8.90. The van der Waals surface area contributed by atoms with Crippen LogP contribution in [-0.2, 0) is 13.0 Å². The minimum absolute atomic E-state index is 0.0188. The predicted molar refractivity (Wildman–Crippen MR) is 112 cm³/mol. The van der Waals surface area contributed by atoms with Crippen molar-refractivity contribution in [3.05, 3.63) is 77.6 Å². The van der Waals surface area contributed by atoms with E-state index in [2.05, 4.69) is 39.6 Å². The van der Waals surface area contributed by atoms with E-state index < -0.39 is 0 Å². The largest absolute Gasteiger partial charge is 0.467 e. The van der Waals surface area contributed by atoms with Crippen molar-refractivity contribution in [3.63, 3.8) is 0 Å². The molecule has 0 aliphatic carbocycles. The first kappa shape index (κ1) is 19.2. The van der Waals surface area contributed by atoms with Crippen LogP contribution in [0.5, 0.6) is 0 Å². The van der Waals surface area contributed by atoms with Crippen LogP contribution in [-0.4, -0.2) is 33.9 Å². The monoisotopic (exact) mass is 390 g/mol. The van der Waals surface area contributed by atoms with Crippen LogP contribution in [0, 0.1) is 12.8 Å². The summed E-state index contributed by atoms with van der Waals surface area (Å²) in [5.74, 6) is 2.64. The Bertz CT molecular complexity index is 933. The van der Waals surface area contributed by atoms with E-state index in [1.54, 1.807) is 19.3 Å². The zero-order chi connectivity index (χ0) is 20.1. The second-order valence-electron chi connectivity index (χ2n) is 7.54. The lowest BCUT2D eigenvalue weighted by atomic mass is 9.90. The number of anilines is 1. The standard InChI is InChI=1S/C23H26N4O2/c1-17-25-21(15-22(26-17)24-16-20-8-5-13-29-20)23(28)27-11-9-19(10-12-27)14-18-6-3-2-4-7-18/h2-8,13,15,19H,9-12,14,16H2,1H3,(H,24,25,26). The van der Waals surface area contributed by atoms with Gasteiger partial charge < -0.3 is 14.6 Å². The van der Waals surface area contributed by atoms with Crippen LogP contribution in [0.25, 0.3) is 0 Å². The van der Waals surface area contributed by atoms with E-state index in [0.717, 1.165) is 38.1 Å². The third-order valence-corrected chi connectivity index (χ3v) is 5.35. The van der Waals surface area contributed by atoms with E-state index in [-0.39, 0.29) is 5.91 Å². The molecule has 1 fully saturated rings. The summed E-state index contributed by atoms with van der Waals surface area (Å²) in [5.41, 5.74) is 1.82. The summed E-state index contributed by atoms with van der Waals surface area (Å²) in [5, 5.41) is 3.20. The summed E-state index contributed by atoms with van der Waals surface area (Å²) in [7, 11) is 0. The number of benzene rings is 1. The normalized spacial score (nSPS) is 14.7. The van der Waals surface area contributed by atoms with Crippen molar-refractivity contribution in [2.75, 3.05) is 18.4 Å². The van der Waals surface area contributed by atoms with Gasteiger partial charge in [-0.15, -0.1) is 0 Å².